The summed E-state index contributed by atoms with van der Waals surface area (Å²) in [5, 5.41) is 2.46. The second-order valence-electron chi connectivity index (χ2n) is 17.3. The summed E-state index contributed by atoms with van der Waals surface area (Å²) in [5.74, 6) is 0. The molecule has 1 aliphatic heterocycles. The Hall–Kier alpha value is -7.93. The zero-order valence-corrected chi connectivity index (χ0v) is 35.0. The second-order valence-corrected chi connectivity index (χ2v) is 18.4. The maximum atomic E-state index is 5.40. The van der Waals surface area contributed by atoms with Gasteiger partial charge in [-0.3, -0.25) is 19.9 Å². The fourth-order valence-electron chi connectivity index (χ4n) is 12.1. The molecule has 64 heavy (non-hydrogen) atoms. The minimum absolute atomic E-state index is 0.554. The third-order valence-corrected chi connectivity index (χ3v) is 15.6. The quantitative estimate of drug-likeness (QED) is 0.174. The molecule has 5 nitrogen and oxygen atoms in total. The van der Waals surface area contributed by atoms with Crippen molar-refractivity contribution in [1.29, 1.82) is 0 Å². The minimum Gasteiger partial charge on any atom is -0.309 e. The Bertz CT molecular complexity index is 3810. The van der Waals surface area contributed by atoms with Crippen LogP contribution < -0.4 is 0 Å². The van der Waals surface area contributed by atoms with Crippen LogP contribution in [0.5, 0.6) is 0 Å². The van der Waals surface area contributed by atoms with E-state index in [0.29, 0.717) is 0 Å². The SMILES string of the molecule is c1ccc(-n2c3ccccc3c3ccc(-c4cnc5c(c4)C4(c6ccccc6Sc6cc7c(cc64)-c4ccccc4C74c6cccnc6-c6ncccc64)c4cccnc4-5)cc32)cc1. The maximum Gasteiger partial charge on any atom is 0.0937 e. The molecule has 11 aromatic rings. The maximum absolute atomic E-state index is 5.40. The molecule has 6 aromatic carbocycles. The van der Waals surface area contributed by atoms with E-state index < -0.39 is 10.8 Å². The van der Waals surface area contributed by atoms with Gasteiger partial charge in [-0.05, 0) is 122 Å². The third-order valence-electron chi connectivity index (χ3n) is 14.5. The molecule has 0 fully saturated rings. The first-order chi connectivity index (χ1) is 31.7. The highest BCUT2D eigenvalue weighted by atomic mass is 32.2. The van der Waals surface area contributed by atoms with Gasteiger partial charge in [-0.25, -0.2) is 0 Å². The number of rotatable bonds is 2. The van der Waals surface area contributed by atoms with Crippen LogP contribution in [0, 0.1) is 0 Å². The molecular weight excluding hydrogens is 799 g/mol. The Morgan fingerprint density at radius 2 is 0.969 bits per heavy atom. The van der Waals surface area contributed by atoms with Gasteiger partial charge in [0.1, 0.15) is 0 Å². The lowest BCUT2D eigenvalue weighted by Gasteiger charge is -2.40. The predicted molar refractivity (Wildman–Crippen MR) is 255 cm³/mol. The summed E-state index contributed by atoms with van der Waals surface area (Å²) in [6, 6.07) is 64.8. The van der Waals surface area contributed by atoms with Crippen LogP contribution in [0.2, 0.25) is 0 Å². The summed E-state index contributed by atoms with van der Waals surface area (Å²) in [7, 11) is 0. The van der Waals surface area contributed by atoms with Crippen molar-refractivity contribution in [3.8, 4) is 50.7 Å². The zero-order chi connectivity index (χ0) is 41.7. The monoisotopic (exact) mass is 831 g/mol. The topological polar surface area (TPSA) is 56.5 Å². The molecule has 0 saturated heterocycles. The summed E-state index contributed by atoms with van der Waals surface area (Å²) < 4.78 is 2.39. The largest absolute Gasteiger partial charge is 0.309 e. The summed E-state index contributed by atoms with van der Waals surface area (Å²) in [5.41, 5.74) is 20.4. The van der Waals surface area contributed by atoms with Gasteiger partial charge in [0.25, 0.3) is 0 Å². The molecule has 6 heteroatoms. The molecule has 1 unspecified atom stereocenters. The number of nitrogens with zero attached hydrogens (tertiary/aromatic N) is 5. The van der Waals surface area contributed by atoms with Gasteiger partial charge in [0.2, 0.25) is 0 Å². The van der Waals surface area contributed by atoms with Gasteiger partial charge < -0.3 is 4.57 Å². The van der Waals surface area contributed by atoms with Crippen molar-refractivity contribution in [3.63, 3.8) is 0 Å². The number of hydrogen-bond acceptors (Lipinski definition) is 5. The molecule has 0 radical (unpaired) electrons. The van der Waals surface area contributed by atoms with Crippen molar-refractivity contribution < 1.29 is 0 Å². The Kier molecular flexibility index (Phi) is 6.70. The normalized spacial score (nSPS) is 16.2. The molecular formula is C58H33N5S. The smallest absolute Gasteiger partial charge is 0.0937 e. The molecule has 1 atom stereocenters. The number of fused-ring (bicyclic) bond motifs is 22. The van der Waals surface area contributed by atoms with Crippen molar-refractivity contribution in [2.24, 2.45) is 0 Å². The Labute approximate surface area is 372 Å². The summed E-state index contributed by atoms with van der Waals surface area (Å²) in [4.78, 5) is 23.0. The standard InChI is InChI=1S/C58H33N5S/c1-2-13-36(14-3-1)63-49-22-8-5-16-38(49)39-25-24-34(30-50(39)63)35-29-48-56(62-33-35)55-45(21-12-28-61-55)58(48)42-18-7-9-23-51(42)64-52-32-46-40(31-47(52)58)37-15-4-6-17-41(37)57(46)43-19-10-26-59-53(43)54-44(57)20-11-27-60-54/h1-33H. The van der Waals surface area contributed by atoms with Gasteiger partial charge in [-0.15, -0.1) is 0 Å². The van der Waals surface area contributed by atoms with Gasteiger partial charge >= 0.3 is 0 Å². The van der Waals surface area contributed by atoms with Gasteiger partial charge in [0.05, 0.1) is 44.6 Å². The van der Waals surface area contributed by atoms with E-state index in [1.54, 1.807) is 0 Å². The minimum atomic E-state index is -0.684. The summed E-state index contributed by atoms with van der Waals surface area (Å²) >= 11 is 1.87. The lowest BCUT2D eigenvalue weighted by Crippen LogP contribution is -2.33. The molecule has 0 N–H and O–H groups in total. The first kappa shape index (κ1) is 34.6. The summed E-state index contributed by atoms with van der Waals surface area (Å²) in [6.07, 6.45) is 7.76. The highest BCUT2D eigenvalue weighted by molar-refractivity contribution is 7.99. The van der Waals surface area contributed by atoms with E-state index >= 15 is 0 Å². The van der Waals surface area contributed by atoms with Crippen LogP contribution >= 0.6 is 11.8 Å². The molecule has 5 aromatic heterocycles. The van der Waals surface area contributed by atoms with E-state index in [9.17, 15) is 0 Å². The molecule has 0 amide bonds. The highest BCUT2D eigenvalue weighted by Crippen LogP contribution is 2.67. The number of pyridine rings is 4. The lowest BCUT2D eigenvalue weighted by atomic mass is 9.66. The van der Waals surface area contributed by atoms with E-state index in [2.05, 4.69) is 187 Å². The highest BCUT2D eigenvalue weighted by Gasteiger charge is 2.56. The van der Waals surface area contributed by atoms with Gasteiger partial charge in [-0.1, -0.05) is 121 Å². The van der Waals surface area contributed by atoms with Crippen molar-refractivity contribution in [1.82, 2.24) is 24.5 Å². The van der Waals surface area contributed by atoms with Crippen molar-refractivity contribution in [2.75, 3.05) is 0 Å². The van der Waals surface area contributed by atoms with Crippen LogP contribution in [-0.2, 0) is 10.8 Å². The van der Waals surface area contributed by atoms with Crippen molar-refractivity contribution in [2.45, 2.75) is 20.6 Å². The van der Waals surface area contributed by atoms with Crippen LogP contribution in [0.4, 0.5) is 0 Å². The number of para-hydroxylation sites is 2. The van der Waals surface area contributed by atoms with Crippen molar-refractivity contribution in [3.05, 3.63) is 245 Å². The molecule has 6 heterocycles. The van der Waals surface area contributed by atoms with E-state index in [1.165, 1.54) is 76.1 Å². The van der Waals surface area contributed by atoms with Gasteiger partial charge in [0.15, 0.2) is 0 Å². The number of aromatic nitrogens is 5. The second kappa shape index (κ2) is 12.4. The number of benzene rings is 6. The first-order valence-corrected chi connectivity index (χ1v) is 22.6. The van der Waals surface area contributed by atoms with Crippen LogP contribution in [-0.4, -0.2) is 24.5 Å². The van der Waals surface area contributed by atoms with E-state index in [0.717, 1.165) is 50.7 Å². The average molecular weight is 832 g/mol. The van der Waals surface area contributed by atoms with Crippen LogP contribution in [0.3, 0.4) is 0 Å². The van der Waals surface area contributed by atoms with Gasteiger partial charge in [0, 0.05) is 62.2 Å². The molecule has 15 rings (SSSR count). The lowest BCUT2D eigenvalue weighted by molar-refractivity contribution is 0.714. The molecule has 3 aliphatic carbocycles. The predicted octanol–water partition coefficient (Wildman–Crippen LogP) is 13.2. The van der Waals surface area contributed by atoms with Crippen LogP contribution in [0.1, 0.15) is 44.5 Å². The summed E-state index contributed by atoms with van der Waals surface area (Å²) in [6.45, 7) is 0. The van der Waals surface area contributed by atoms with E-state index in [1.807, 2.05) is 30.4 Å². The molecule has 2 spiro atoms. The van der Waals surface area contributed by atoms with Crippen LogP contribution in [0.15, 0.2) is 211 Å². The Balaban J connectivity index is 1.01. The van der Waals surface area contributed by atoms with Gasteiger partial charge in [-0.2, -0.15) is 0 Å². The molecule has 4 aliphatic rings. The average Bonchev–Trinajstić information content (AvgIpc) is 4.04. The Morgan fingerprint density at radius 3 is 1.73 bits per heavy atom. The first-order valence-electron chi connectivity index (χ1n) is 21.8. The number of hydrogen-bond donors (Lipinski definition) is 0. The fourth-order valence-corrected chi connectivity index (χ4v) is 13.3. The zero-order valence-electron chi connectivity index (χ0n) is 34.2. The van der Waals surface area contributed by atoms with Crippen LogP contribution in [0.25, 0.3) is 72.5 Å². The van der Waals surface area contributed by atoms with E-state index in [-0.39, 0.29) is 0 Å². The van der Waals surface area contributed by atoms with Crippen molar-refractivity contribution >= 4 is 33.6 Å². The molecule has 296 valence electrons. The molecule has 0 saturated carbocycles. The third kappa shape index (κ3) is 4.13. The van der Waals surface area contributed by atoms with E-state index in [4.69, 9.17) is 19.9 Å². The molecule has 0 bridgehead atoms. The Morgan fingerprint density at radius 1 is 0.359 bits per heavy atom. The fraction of sp³-hybridized carbons (Fsp3) is 0.0345.